The molecule has 0 atom stereocenters. The Morgan fingerprint density at radius 2 is 1.62 bits per heavy atom. The lowest BCUT2D eigenvalue weighted by Crippen LogP contribution is -2.38. The number of anilines is 3. The fourth-order valence-electron chi connectivity index (χ4n) is 4.68. The molecule has 2 aromatic carbocycles. The number of rotatable bonds is 9. The average molecular weight is 494 g/mol. The second kappa shape index (κ2) is 11.8. The van der Waals surface area contributed by atoms with Gasteiger partial charge in [0, 0.05) is 76.2 Å². The van der Waals surface area contributed by atoms with Crippen molar-refractivity contribution < 1.29 is 0 Å². The third-order valence-corrected chi connectivity index (χ3v) is 6.86. The van der Waals surface area contributed by atoms with Gasteiger partial charge in [-0.1, -0.05) is 42.5 Å². The normalized spacial score (nSPS) is 14.3. The zero-order valence-corrected chi connectivity index (χ0v) is 21.6. The summed E-state index contributed by atoms with van der Waals surface area (Å²) < 4.78 is 0. The maximum absolute atomic E-state index is 4.93. The van der Waals surface area contributed by atoms with E-state index in [9.17, 15) is 0 Å². The predicted molar refractivity (Wildman–Crippen MR) is 152 cm³/mol. The van der Waals surface area contributed by atoms with Crippen molar-refractivity contribution in [2.75, 3.05) is 42.7 Å². The monoisotopic (exact) mass is 493 g/mol. The van der Waals surface area contributed by atoms with Crippen molar-refractivity contribution in [1.29, 1.82) is 0 Å². The molecule has 0 aliphatic carbocycles. The SMILES string of the molecule is CN(C)c1ccc(-c2cnc(NCc3ccncc3)nc2NC2CCN(Cc3ccccc3)CC2)cc1. The molecule has 1 aliphatic rings. The van der Waals surface area contributed by atoms with Crippen LogP contribution in [0.4, 0.5) is 17.5 Å². The molecule has 0 unspecified atom stereocenters. The number of piperidine rings is 1. The first-order valence-electron chi connectivity index (χ1n) is 12.9. The maximum atomic E-state index is 4.93. The smallest absolute Gasteiger partial charge is 0.224 e. The fourth-order valence-corrected chi connectivity index (χ4v) is 4.68. The number of benzene rings is 2. The molecule has 0 saturated carbocycles. The Hall–Kier alpha value is -3.97. The third-order valence-electron chi connectivity index (χ3n) is 6.86. The van der Waals surface area contributed by atoms with Crippen molar-refractivity contribution in [1.82, 2.24) is 19.9 Å². The molecule has 2 aromatic heterocycles. The van der Waals surface area contributed by atoms with E-state index in [2.05, 4.69) is 99.1 Å². The van der Waals surface area contributed by atoms with E-state index >= 15 is 0 Å². The van der Waals surface area contributed by atoms with E-state index in [-0.39, 0.29) is 0 Å². The zero-order valence-electron chi connectivity index (χ0n) is 21.6. The Morgan fingerprint density at radius 1 is 0.892 bits per heavy atom. The highest BCUT2D eigenvalue weighted by molar-refractivity contribution is 5.76. The van der Waals surface area contributed by atoms with Crippen LogP contribution in [0, 0.1) is 0 Å². The van der Waals surface area contributed by atoms with Crippen LogP contribution < -0.4 is 15.5 Å². The van der Waals surface area contributed by atoms with Crippen LogP contribution in [-0.4, -0.2) is 53.1 Å². The molecule has 1 saturated heterocycles. The van der Waals surface area contributed by atoms with Gasteiger partial charge in [0.15, 0.2) is 0 Å². The highest BCUT2D eigenvalue weighted by Crippen LogP contribution is 2.30. The van der Waals surface area contributed by atoms with Gasteiger partial charge in [-0.05, 0) is 53.8 Å². The molecule has 1 fully saturated rings. The predicted octanol–water partition coefficient (Wildman–Crippen LogP) is 5.29. The Balaban J connectivity index is 1.31. The van der Waals surface area contributed by atoms with Gasteiger partial charge >= 0.3 is 0 Å². The first kappa shape index (κ1) is 24.7. The maximum Gasteiger partial charge on any atom is 0.224 e. The van der Waals surface area contributed by atoms with Crippen LogP contribution in [0.1, 0.15) is 24.0 Å². The van der Waals surface area contributed by atoms with E-state index in [1.165, 1.54) is 11.3 Å². The number of likely N-dealkylation sites (tertiary alicyclic amines) is 1. The molecule has 0 bridgehead atoms. The minimum absolute atomic E-state index is 0.370. The van der Waals surface area contributed by atoms with Crippen molar-refractivity contribution in [3.8, 4) is 11.1 Å². The summed E-state index contributed by atoms with van der Waals surface area (Å²) >= 11 is 0. The summed E-state index contributed by atoms with van der Waals surface area (Å²) in [5, 5.41) is 7.14. The lowest BCUT2D eigenvalue weighted by molar-refractivity contribution is 0.211. The van der Waals surface area contributed by atoms with Gasteiger partial charge in [-0.15, -0.1) is 0 Å². The van der Waals surface area contributed by atoms with Crippen LogP contribution in [-0.2, 0) is 13.1 Å². The van der Waals surface area contributed by atoms with Gasteiger partial charge in [0.1, 0.15) is 5.82 Å². The Labute approximate surface area is 219 Å². The van der Waals surface area contributed by atoms with E-state index in [4.69, 9.17) is 4.98 Å². The second-order valence-electron chi connectivity index (χ2n) is 9.79. The summed E-state index contributed by atoms with van der Waals surface area (Å²) in [7, 11) is 4.11. The van der Waals surface area contributed by atoms with E-state index < -0.39 is 0 Å². The molecule has 7 nitrogen and oxygen atoms in total. The van der Waals surface area contributed by atoms with Crippen LogP contribution in [0.5, 0.6) is 0 Å². The summed E-state index contributed by atoms with van der Waals surface area (Å²) in [4.78, 5) is 18.3. The minimum atomic E-state index is 0.370. The Bertz CT molecular complexity index is 1250. The van der Waals surface area contributed by atoms with Crippen molar-refractivity contribution in [2.24, 2.45) is 0 Å². The molecular weight excluding hydrogens is 458 g/mol. The lowest BCUT2D eigenvalue weighted by Gasteiger charge is -2.33. The number of pyridine rings is 1. The van der Waals surface area contributed by atoms with Crippen molar-refractivity contribution >= 4 is 17.5 Å². The number of hydrogen-bond donors (Lipinski definition) is 2. The molecular formula is C30H35N7. The Morgan fingerprint density at radius 3 is 2.32 bits per heavy atom. The number of hydrogen-bond acceptors (Lipinski definition) is 7. The van der Waals surface area contributed by atoms with Gasteiger partial charge in [-0.3, -0.25) is 9.88 Å². The summed E-state index contributed by atoms with van der Waals surface area (Å²) in [6.07, 6.45) is 7.69. The molecule has 0 radical (unpaired) electrons. The van der Waals surface area contributed by atoms with Crippen LogP contribution >= 0.6 is 0 Å². The quantitative estimate of drug-likeness (QED) is 0.328. The minimum Gasteiger partial charge on any atom is -0.378 e. The number of nitrogens with one attached hydrogen (secondary N) is 2. The number of nitrogens with zero attached hydrogens (tertiary/aromatic N) is 5. The van der Waals surface area contributed by atoms with Crippen LogP contribution in [0.3, 0.4) is 0 Å². The van der Waals surface area contributed by atoms with Gasteiger partial charge in [0.25, 0.3) is 0 Å². The summed E-state index contributed by atoms with van der Waals surface area (Å²) in [5.74, 6) is 1.50. The van der Waals surface area contributed by atoms with Gasteiger partial charge in [-0.25, -0.2) is 4.98 Å². The lowest BCUT2D eigenvalue weighted by atomic mass is 10.0. The highest BCUT2D eigenvalue weighted by Gasteiger charge is 2.21. The summed E-state index contributed by atoms with van der Waals surface area (Å²) in [6.45, 7) is 3.79. The molecule has 5 rings (SSSR count). The van der Waals surface area contributed by atoms with Crippen molar-refractivity contribution in [3.63, 3.8) is 0 Å². The topological polar surface area (TPSA) is 69.2 Å². The van der Waals surface area contributed by atoms with Gasteiger partial charge in [0.2, 0.25) is 5.95 Å². The van der Waals surface area contributed by atoms with Gasteiger partial charge < -0.3 is 15.5 Å². The van der Waals surface area contributed by atoms with E-state index in [1.54, 1.807) is 12.4 Å². The highest BCUT2D eigenvalue weighted by atomic mass is 15.2. The molecule has 2 N–H and O–H groups in total. The van der Waals surface area contributed by atoms with E-state index in [1.807, 2.05) is 18.3 Å². The van der Waals surface area contributed by atoms with E-state index in [0.29, 0.717) is 18.5 Å². The first-order chi connectivity index (χ1) is 18.1. The zero-order chi connectivity index (χ0) is 25.5. The summed E-state index contributed by atoms with van der Waals surface area (Å²) in [5.41, 5.74) is 5.81. The second-order valence-corrected chi connectivity index (χ2v) is 9.79. The number of aromatic nitrogens is 3. The molecule has 7 heteroatoms. The van der Waals surface area contributed by atoms with Crippen molar-refractivity contribution in [3.05, 3.63) is 96.4 Å². The van der Waals surface area contributed by atoms with E-state index in [0.717, 1.165) is 55.0 Å². The van der Waals surface area contributed by atoms with Crippen molar-refractivity contribution in [2.45, 2.75) is 32.0 Å². The molecule has 190 valence electrons. The molecule has 1 aliphatic heterocycles. The first-order valence-corrected chi connectivity index (χ1v) is 12.9. The standard InChI is InChI=1S/C30H35N7/c1-36(2)27-10-8-25(9-11-27)28-21-33-30(32-20-23-12-16-31-17-13-23)35-29(28)34-26-14-18-37(19-15-26)22-24-6-4-3-5-7-24/h3-13,16-17,21,26H,14-15,18-20,22H2,1-2H3,(H2,32,33,34,35). The van der Waals surface area contributed by atoms with Crippen LogP contribution in [0.2, 0.25) is 0 Å². The van der Waals surface area contributed by atoms with Crippen LogP contribution in [0.25, 0.3) is 11.1 Å². The van der Waals surface area contributed by atoms with Crippen LogP contribution in [0.15, 0.2) is 85.3 Å². The fraction of sp³-hybridized carbons (Fsp3) is 0.300. The Kier molecular flexibility index (Phi) is 7.91. The molecule has 0 amide bonds. The molecule has 37 heavy (non-hydrogen) atoms. The summed E-state index contributed by atoms with van der Waals surface area (Å²) in [6, 6.07) is 23.6. The third kappa shape index (κ3) is 6.62. The largest absolute Gasteiger partial charge is 0.378 e. The molecule has 0 spiro atoms. The molecule has 4 aromatic rings. The van der Waals surface area contributed by atoms with Gasteiger partial charge in [-0.2, -0.15) is 4.98 Å². The van der Waals surface area contributed by atoms with Gasteiger partial charge in [0.05, 0.1) is 0 Å². The molecule has 3 heterocycles. The average Bonchev–Trinajstić information content (AvgIpc) is 2.94.